The number of ether oxygens (including phenoxy) is 2. The molecule has 3 saturated heterocycles. The number of hydrogen-bond donors (Lipinski definition) is 0. The van der Waals surface area contributed by atoms with E-state index in [1.54, 1.807) is 0 Å². The van der Waals surface area contributed by atoms with Crippen LogP contribution in [0.2, 0.25) is 0 Å². The molecule has 0 amide bonds. The van der Waals surface area contributed by atoms with E-state index in [1.807, 2.05) is 4.90 Å². The summed E-state index contributed by atoms with van der Waals surface area (Å²) in [4.78, 5) is 13.8. The molecule has 3 rings (SSSR count). The molecule has 0 aliphatic carbocycles. The number of carbonyl (C=O) groups is 1. The van der Waals surface area contributed by atoms with Gasteiger partial charge in [-0.15, -0.1) is 0 Å². The monoisotopic (exact) mass is 317 g/mol. The van der Waals surface area contributed by atoms with E-state index in [9.17, 15) is 13.2 Å². The minimum Gasteiger partial charge on any atom is -0.465 e. The third-order valence-electron chi connectivity index (χ3n) is 4.76. The highest BCUT2D eigenvalue weighted by molar-refractivity contribution is 7.91. The number of fused-ring (bicyclic) bond motifs is 2. The van der Waals surface area contributed by atoms with Crippen LogP contribution in [0.25, 0.3) is 0 Å². The molecule has 3 aliphatic heterocycles. The minimum absolute atomic E-state index is 0.189. The van der Waals surface area contributed by atoms with Gasteiger partial charge in [0.05, 0.1) is 36.7 Å². The van der Waals surface area contributed by atoms with Gasteiger partial charge in [-0.05, 0) is 19.3 Å². The fraction of sp³-hybridized carbons (Fsp3) is 0.929. The summed E-state index contributed by atoms with van der Waals surface area (Å²) >= 11 is 0. The molecule has 3 heterocycles. The van der Waals surface area contributed by atoms with Crippen LogP contribution in [-0.4, -0.2) is 69.2 Å². The largest absolute Gasteiger partial charge is 0.465 e. The average Bonchev–Trinajstić information content (AvgIpc) is 3.06. The van der Waals surface area contributed by atoms with Gasteiger partial charge in [-0.3, -0.25) is 4.79 Å². The van der Waals surface area contributed by atoms with E-state index in [-0.39, 0.29) is 23.6 Å². The van der Waals surface area contributed by atoms with Crippen molar-refractivity contribution < 1.29 is 22.7 Å². The van der Waals surface area contributed by atoms with Gasteiger partial charge in [0, 0.05) is 25.6 Å². The fourth-order valence-corrected chi connectivity index (χ4v) is 4.69. The second-order valence-electron chi connectivity index (χ2n) is 6.30. The molecule has 0 radical (unpaired) electrons. The standard InChI is InChI=1S/C14H23NO5S/c16-14(3-4-15-5-7-21(17,18)8-6-15)19-10-11-9-12-1-2-13(11)20-12/h11-13H,1-10H2. The lowest BCUT2D eigenvalue weighted by molar-refractivity contribution is -0.145. The molecular formula is C14H23NO5S. The number of rotatable bonds is 5. The van der Waals surface area contributed by atoms with E-state index < -0.39 is 9.84 Å². The van der Waals surface area contributed by atoms with Crippen LogP contribution < -0.4 is 0 Å². The van der Waals surface area contributed by atoms with Crippen LogP contribution in [0.5, 0.6) is 0 Å². The number of nitrogens with zero attached hydrogens (tertiary/aromatic N) is 1. The summed E-state index contributed by atoms with van der Waals surface area (Å²) in [7, 11) is -2.85. The predicted octanol–water partition coefficient (Wildman–Crippen LogP) is 0.218. The number of carbonyl (C=O) groups excluding carboxylic acids is 1. The van der Waals surface area contributed by atoms with Crippen LogP contribution in [0.4, 0.5) is 0 Å². The Labute approximate surface area is 125 Å². The van der Waals surface area contributed by atoms with E-state index in [2.05, 4.69) is 0 Å². The van der Waals surface area contributed by atoms with Crippen LogP contribution in [0.3, 0.4) is 0 Å². The fourth-order valence-electron chi connectivity index (χ4n) is 3.41. The SMILES string of the molecule is O=C(CCN1CCS(=O)(=O)CC1)OCC1CC2CCC1O2. The Morgan fingerprint density at radius 3 is 2.62 bits per heavy atom. The van der Waals surface area contributed by atoms with Gasteiger partial charge >= 0.3 is 5.97 Å². The topological polar surface area (TPSA) is 72.9 Å². The second kappa shape index (κ2) is 6.22. The molecule has 6 nitrogen and oxygen atoms in total. The van der Waals surface area contributed by atoms with Gasteiger partial charge < -0.3 is 14.4 Å². The van der Waals surface area contributed by atoms with Crippen molar-refractivity contribution in [2.45, 2.75) is 37.9 Å². The normalized spacial score (nSPS) is 35.0. The molecule has 0 saturated carbocycles. The summed E-state index contributed by atoms with van der Waals surface area (Å²) in [5.41, 5.74) is 0. The highest BCUT2D eigenvalue weighted by atomic mass is 32.2. The highest BCUT2D eigenvalue weighted by Crippen LogP contribution is 2.38. The molecule has 0 aromatic rings. The van der Waals surface area contributed by atoms with E-state index in [0.717, 1.165) is 19.3 Å². The molecule has 0 N–H and O–H groups in total. The van der Waals surface area contributed by atoms with E-state index in [1.165, 1.54) is 0 Å². The third kappa shape index (κ3) is 3.96. The molecule has 0 aromatic heterocycles. The molecule has 3 aliphatic rings. The maximum Gasteiger partial charge on any atom is 0.307 e. The lowest BCUT2D eigenvalue weighted by atomic mass is 9.90. The molecule has 0 spiro atoms. The smallest absolute Gasteiger partial charge is 0.307 e. The summed E-state index contributed by atoms with van der Waals surface area (Å²) < 4.78 is 33.7. The first-order valence-electron chi connectivity index (χ1n) is 7.76. The number of esters is 1. The molecule has 21 heavy (non-hydrogen) atoms. The van der Waals surface area contributed by atoms with Crippen molar-refractivity contribution in [3.05, 3.63) is 0 Å². The minimum atomic E-state index is -2.85. The Morgan fingerprint density at radius 2 is 2.00 bits per heavy atom. The summed E-state index contributed by atoms with van der Waals surface area (Å²) in [6.45, 7) is 2.10. The molecular weight excluding hydrogens is 294 g/mol. The van der Waals surface area contributed by atoms with Gasteiger partial charge in [0.2, 0.25) is 0 Å². The van der Waals surface area contributed by atoms with Gasteiger partial charge in [0.15, 0.2) is 9.84 Å². The van der Waals surface area contributed by atoms with Gasteiger partial charge in [-0.2, -0.15) is 0 Å². The maximum atomic E-state index is 11.8. The van der Waals surface area contributed by atoms with Crippen molar-refractivity contribution >= 4 is 15.8 Å². The van der Waals surface area contributed by atoms with Crippen LogP contribution in [-0.2, 0) is 24.1 Å². The highest BCUT2D eigenvalue weighted by Gasteiger charge is 2.41. The van der Waals surface area contributed by atoms with Crippen molar-refractivity contribution in [3.8, 4) is 0 Å². The van der Waals surface area contributed by atoms with Crippen LogP contribution in [0.1, 0.15) is 25.7 Å². The zero-order valence-corrected chi connectivity index (χ0v) is 13.0. The van der Waals surface area contributed by atoms with Crippen LogP contribution >= 0.6 is 0 Å². The second-order valence-corrected chi connectivity index (χ2v) is 8.60. The van der Waals surface area contributed by atoms with Crippen molar-refractivity contribution in [3.63, 3.8) is 0 Å². The molecule has 2 bridgehead atoms. The Hall–Kier alpha value is -0.660. The molecule has 3 unspecified atom stereocenters. The van der Waals surface area contributed by atoms with Crippen molar-refractivity contribution in [2.75, 3.05) is 37.7 Å². The Balaban J connectivity index is 1.32. The lowest BCUT2D eigenvalue weighted by Crippen LogP contribution is -2.41. The van der Waals surface area contributed by atoms with Crippen molar-refractivity contribution in [1.82, 2.24) is 4.90 Å². The zero-order valence-electron chi connectivity index (χ0n) is 12.2. The van der Waals surface area contributed by atoms with Gasteiger partial charge in [-0.1, -0.05) is 0 Å². The van der Waals surface area contributed by atoms with Crippen LogP contribution in [0, 0.1) is 5.92 Å². The Bertz CT molecular complexity index is 478. The van der Waals surface area contributed by atoms with Gasteiger partial charge in [0.1, 0.15) is 0 Å². The first-order chi connectivity index (χ1) is 10.0. The molecule has 0 aromatic carbocycles. The molecule has 120 valence electrons. The molecule has 3 atom stereocenters. The lowest BCUT2D eigenvalue weighted by Gasteiger charge is -2.26. The van der Waals surface area contributed by atoms with E-state index >= 15 is 0 Å². The third-order valence-corrected chi connectivity index (χ3v) is 6.37. The van der Waals surface area contributed by atoms with Crippen molar-refractivity contribution in [1.29, 1.82) is 0 Å². The predicted molar refractivity (Wildman–Crippen MR) is 76.7 cm³/mol. The average molecular weight is 317 g/mol. The summed E-state index contributed by atoms with van der Waals surface area (Å²) in [6, 6.07) is 0. The van der Waals surface area contributed by atoms with Gasteiger partial charge in [0.25, 0.3) is 0 Å². The Kier molecular flexibility index (Phi) is 4.51. The number of sulfone groups is 1. The summed E-state index contributed by atoms with van der Waals surface area (Å²) in [5, 5.41) is 0. The Morgan fingerprint density at radius 1 is 1.24 bits per heavy atom. The first-order valence-corrected chi connectivity index (χ1v) is 9.58. The zero-order chi connectivity index (χ0) is 14.9. The molecule has 3 fully saturated rings. The maximum absolute atomic E-state index is 11.8. The first kappa shape index (κ1) is 15.2. The van der Waals surface area contributed by atoms with E-state index in [0.29, 0.717) is 44.7 Å². The summed E-state index contributed by atoms with van der Waals surface area (Å²) in [6.07, 6.45) is 4.26. The quantitative estimate of drug-likeness (QED) is 0.675. The van der Waals surface area contributed by atoms with Crippen molar-refractivity contribution in [2.24, 2.45) is 5.92 Å². The summed E-state index contributed by atoms with van der Waals surface area (Å²) in [5.74, 6) is 0.578. The molecule has 7 heteroatoms. The van der Waals surface area contributed by atoms with Gasteiger partial charge in [-0.25, -0.2) is 8.42 Å². The van der Waals surface area contributed by atoms with Crippen LogP contribution in [0.15, 0.2) is 0 Å². The van der Waals surface area contributed by atoms with E-state index in [4.69, 9.17) is 9.47 Å². The number of hydrogen-bond acceptors (Lipinski definition) is 6.